The topological polar surface area (TPSA) is 56.2 Å². The Balaban J connectivity index is 1.73. The number of hydrogen-bond acceptors (Lipinski definition) is 2. The molecule has 4 nitrogen and oxygen atoms in total. The first-order valence-corrected chi connectivity index (χ1v) is 10.1. The molecule has 1 saturated heterocycles. The lowest BCUT2D eigenvalue weighted by Gasteiger charge is -2.41. The standard InChI is InChI=1S/C20H35N3O/c1-19(12-7-4-8-13-19)15-20(17(24)23(2)18(21)22-20)14-11-16-9-5-3-6-10-16/h16H,3-15H2,1-2H3,(H2,21,22)/t20-/m1/s1. The van der Waals surface area contributed by atoms with Gasteiger partial charge in [-0.05, 0) is 43.4 Å². The lowest BCUT2D eigenvalue weighted by molar-refractivity contribution is -0.132. The first kappa shape index (κ1) is 17.8. The molecule has 0 spiro atoms. The van der Waals surface area contributed by atoms with Gasteiger partial charge in [-0.3, -0.25) is 15.1 Å². The Morgan fingerprint density at radius 1 is 1.12 bits per heavy atom. The van der Waals surface area contributed by atoms with Crippen LogP contribution in [0.15, 0.2) is 0 Å². The van der Waals surface area contributed by atoms with E-state index in [-0.39, 0.29) is 11.3 Å². The molecule has 0 bridgehead atoms. The minimum Gasteiger partial charge on any atom is -0.342 e. The van der Waals surface area contributed by atoms with Crippen LogP contribution in [0.2, 0.25) is 0 Å². The Labute approximate surface area is 147 Å². The zero-order valence-corrected chi connectivity index (χ0v) is 15.6. The average molecular weight is 334 g/mol. The van der Waals surface area contributed by atoms with Crippen LogP contribution in [0.5, 0.6) is 0 Å². The monoisotopic (exact) mass is 333 g/mol. The minimum absolute atomic E-state index is 0.134. The summed E-state index contributed by atoms with van der Waals surface area (Å²) in [7, 11) is 1.75. The van der Waals surface area contributed by atoms with Gasteiger partial charge in [0.2, 0.25) is 0 Å². The molecule has 1 atom stereocenters. The fourth-order valence-electron chi connectivity index (χ4n) is 5.40. The molecule has 0 radical (unpaired) electrons. The second kappa shape index (κ2) is 7.05. The van der Waals surface area contributed by atoms with Crippen molar-refractivity contribution in [3.05, 3.63) is 0 Å². The SMILES string of the molecule is CN1C(=N)N[C@](CCC2CCCCC2)(CC2(C)CCCCC2)C1=O. The van der Waals surface area contributed by atoms with E-state index in [2.05, 4.69) is 12.2 Å². The van der Waals surface area contributed by atoms with Crippen LogP contribution in [0.25, 0.3) is 0 Å². The molecule has 0 unspecified atom stereocenters. The van der Waals surface area contributed by atoms with Crippen molar-refractivity contribution >= 4 is 11.9 Å². The quantitative estimate of drug-likeness (QED) is 0.781. The van der Waals surface area contributed by atoms with Crippen molar-refractivity contribution in [3.63, 3.8) is 0 Å². The Kier molecular flexibility index (Phi) is 5.22. The molecular formula is C20H35N3O. The molecule has 3 fully saturated rings. The number of rotatable bonds is 5. The maximum absolute atomic E-state index is 13.0. The lowest BCUT2D eigenvalue weighted by Crippen LogP contribution is -2.51. The van der Waals surface area contributed by atoms with Crippen LogP contribution in [0.4, 0.5) is 0 Å². The van der Waals surface area contributed by atoms with Crippen LogP contribution in [0.3, 0.4) is 0 Å². The van der Waals surface area contributed by atoms with E-state index in [9.17, 15) is 4.79 Å². The van der Waals surface area contributed by atoms with Gasteiger partial charge in [-0.2, -0.15) is 0 Å². The summed E-state index contributed by atoms with van der Waals surface area (Å²) in [5, 5.41) is 11.5. The first-order chi connectivity index (χ1) is 11.4. The van der Waals surface area contributed by atoms with Gasteiger partial charge >= 0.3 is 0 Å². The number of hydrogen-bond donors (Lipinski definition) is 2. The fraction of sp³-hybridized carbons (Fsp3) is 0.900. The number of nitrogens with zero attached hydrogens (tertiary/aromatic N) is 1. The summed E-state index contributed by atoms with van der Waals surface area (Å²) in [5.41, 5.74) is -0.270. The van der Waals surface area contributed by atoms with Crippen molar-refractivity contribution < 1.29 is 4.79 Å². The summed E-state index contributed by atoms with van der Waals surface area (Å²) in [6.45, 7) is 2.37. The highest BCUT2D eigenvalue weighted by molar-refractivity contribution is 6.07. The van der Waals surface area contributed by atoms with Crippen molar-refractivity contribution in [2.75, 3.05) is 7.05 Å². The molecule has 136 valence electrons. The molecule has 0 aromatic heterocycles. The lowest BCUT2D eigenvalue weighted by atomic mass is 9.66. The molecule has 2 N–H and O–H groups in total. The van der Waals surface area contributed by atoms with Crippen LogP contribution >= 0.6 is 0 Å². The maximum atomic E-state index is 13.0. The van der Waals surface area contributed by atoms with E-state index in [1.165, 1.54) is 69.1 Å². The predicted molar refractivity (Wildman–Crippen MR) is 98.0 cm³/mol. The minimum atomic E-state index is -0.518. The normalized spacial score (nSPS) is 31.3. The zero-order valence-electron chi connectivity index (χ0n) is 15.6. The Morgan fingerprint density at radius 3 is 2.33 bits per heavy atom. The van der Waals surface area contributed by atoms with Crippen LogP contribution in [0.1, 0.15) is 90.4 Å². The molecule has 2 saturated carbocycles. The molecule has 2 aliphatic carbocycles. The van der Waals surface area contributed by atoms with Crippen molar-refractivity contribution in [3.8, 4) is 0 Å². The molecular weight excluding hydrogens is 298 g/mol. The van der Waals surface area contributed by atoms with Gasteiger partial charge < -0.3 is 5.32 Å². The van der Waals surface area contributed by atoms with Crippen molar-refractivity contribution in [1.82, 2.24) is 10.2 Å². The summed E-state index contributed by atoms with van der Waals surface area (Å²) < 4.78 is 0. The van der Waals surface area contributed by atoms with Gasteiger partial charge in [0.1, 0.15) is 5.54 Å². The third-order valence-corrected chi connectivity index (χ3v) is 6.90. The number of carbonyl (C=O) groups excluding carboxylic acids is 1. The van der Waals surface area contributed by atoms with Crippen molar-refractivity contribution in [1.29, 1.82) is 5.41 Å². The molecule has 0 aromatic carbocycles. The van der Waals surface area contributed by atoms with E-state index in [1.54, 1.807) is 7.05 Å². The smallest absolute Gasteiger partial charge is 0.254 e. The second-order valence-electron chi connectivity index (χ2n) is 9.01. The number of amides is 1. The summed E-state index contributed by atoms with van der Waals surface area (Å²) in [6.07, 6.45) is 16.0. The Hall–Kier alpha value is -1.06. The third kappa shape index (κ3) is 3.62. The summed E-state index contributed by atoms with van der Waals surface area (Å²) in [4.78, 5) is 14.6. The highest BCUT2D eigenvalue weighted by Gasteiger charge is 2.51. The van der Waals surface area contributed by atoms with E-state index < -0.39 is 5.54 Å². The van der Waals surface area contributed by atoms with Gasteiger partial charge in [0, 0.05) is 7.05 Å². The van der Waals surface area contributed by atoms with Gasteiger partial charge in [-0.25, -0.2) is 0 Å². The number of likely N-dealkylation sites (N-methyl/N-ethyl adjacent to an activating group) is 1. The first-order valence-electron chi connectivity index (χ1n) is 10.1. The van der Waals surface area contributed by atoms with Gasteiger partial charge in [0.25, 0.3) is 5.91 Å². The largest absolute Gasteiger partial charge is 0.342 e. The van der Waals surface area contributed by atoms with Gasteiger partial charge in [-0.15, -0.1) is 0 Å². The summed E-state index contributed by atoms with van der Waals surface area (Å²) >= 11 is 0. The molecule has 4 heteroatoms. The third-order valence-electron chi connectivity index (χ3n) is 6.90. The molecule has 24 heavy (non-hydrogen) atoms. The number of nitrogens with one attached hydrogen (secondary N) is 2. The van der Waals surface area contributed by atoms with Crippen LogP contribution in [0, 0.1) is 16.7 Å². The highest BCUT2D eigenvalue weighted by atomic mass is 16.2. The average Bonchev–Trinajstić information content (AvgIpc) is 2.78. The molecule has 3 rings (SSSR count). The number of carbonyl (C=O) groups is 1. The Morgan fingerprint density at radius 2 is 1.75 bits per heavy atom. The van der Waals surface area contributed by atoms with E-state index >= 15 is 0 Å². The zero-order chi connectivity index (χ0) is 17.2. The van der Waals surface area contributed by atoms with Crippen molar-refractivity contribution in [2.45, 2.75) is 95.9 Å². The second-order valence-corrected chi connectivity index (χ2v) is 9.01. The number of guanidine groups is 1. The van der Waals surface area contributed by atoms with E-state index in [4.69, 9.17) is 5.41 Å². The van der Waals surface area contributed by atoms with Crippen LogP contribution in [-0.2, 0) is 4.79 Å². The summed E-state index contributed by atoms with van der Waals surface area (Å²) in [6, 6.07) is 0. The van der Waals surface area contributed by atoms with Gasteiger partial charge in [-0.1, -0.05) is 58.3 Å². The van der Waals surface area contributed by atoms with Crippen molar-refractivity contribution in [2.24, 2.45) is 11.3 Å². The highest BCUT2D eigenvalue weighted by Crippen LogP contribution is 2.45. The molecule has 3 aliphatic rings. The molecule has 1 heterocycles. The van der Waals surface area contributed by atoms with Crippen LogP contribution in [-0.4, -0.2) is 29.4 Å². The summed E-state index contributed by atoms with van der Waals surface area (Å²) in [5.74, 6) is 1.21. The van der Waals surface area contributed by atoms with E-state index in [0.29, 0.717) is 5.96 Å². The van der Waals surface area contributed by atoms with E-state index in [0.717, 1.165) is 25.2 Å². The fourth-order valence-corrected chi connectivity index (χ4v) is 5.40. The molecule has 0 aromatic rings. The molecule has 1 amide bonds. The van der Waals surface area contributed by atoms with Gasteiger partial charge in [0.15, 0.2) is 5.96 Å². The Bertz CT molecular complexity index is 477. The molecule has 1 aliphatic heterocycles. The van der Waals surface area contributed by atoms with E-state index in [1.807, 2.05) is 0 Å². The predicted octanol–water partition coefficient (Wildman–Crippen LogP) is 4.44. The maximum Gasteiger partial charge on any atom is 0.254 e. The van der Waals surface area contributed by atoms with Gasteiger partial charge in [0.05, 0.1) is 0 Å². The van der Waals surface area contributed by atoms with Crippen LogP contribution < -0.4 is 5.32 Å².